The maximum absolute atomic E-state index is 12.2. The lowest BCUT2D eigenvalue weighted by molar-refractivity contribution is -0.118. The van der Waals surface area contributed by atoms with Crippen molar-refractivity contribution < 1.29 is 14.2 Å². The first-order valence-corrected chi connectivity index (χ1v) is 12.6. The van der Waals surface area contributed by atoms with Crippen molar-refractivity contribution in [1.82, 2.24) is 9.55 Å². The van der Waals surface area contributed by atoms with E-state index in [1.807, 2.05) is 30.3 Å². The molecular weight excluding hydrogens is 376 g/mol. The number of aromatic amines is 1. The Morgan fingerprint density at radius 2 is 2.00 bits per heavy atom. The first-order valence-electron chi connectivity index (χ1n) is 9.09. The Kier molecular flexibility index (Phi) is 6.31. The van der Waals surface area contributed by atoms with E-state index in [2.05, 4.69) is 36.1 Å². The summed E-state index contributed by atoms with van der Waals surface area (Å²) in [6.07, 6.45) is 0.224. The molecule has 28 heavy (non-hydrogen) atoms. The molecule has 7 nitrogen and oxygen atoms in total. The van der Waals surface area contributed by atoms with Gasteiger partial charge in [-0.15, -0.1) is 5.54 Å². The minimum atomic E-state index is -1.65. The van der Waals surface area contributed by atoms with Crippen molar-refractivity contribution in [3.63, 3.8) is 0 Å². The second kappa shape index (κ2) is 8.71. The number of benzene rings is 1. The largest absolute Gasteiger partial charge is 0.371 e. The Labute approximate surface area is 164 Å². The Bertz CT molecular complexity index is 982. The number of nitrogens with zero attached hydrogens (tertiary/aromatic N) is 1. The van der Waals surface area contributed by atoms with Crippen LogP contribution in [0.4, 0.5) is 0 Å². The molecule has 0 radical (unpaired) electrons. The van der Waals surface area contributed by atoms with Crippen LogP contribution in [-0.2, 0) is 20.8 Å². The van der Waals surface area contributed by atoms with E-state index >= 15 is 0 Å². The van der Waals surface area contributed by atoms with Crippen molar-refractivity contribution in [2.75, 3.05) is 13.2 Å². The minimum absolute atomic E-state index is 0.187. The van der Waals surface area contributed by atoms with Crippen LogP contribution >= 0.6 is 0 Å². The van der Waals surface area contributed by atoms with Gasteiger partial charge in [-0.25, -0.2) is 4.79 Å². The molecule has 2 atom stereocenters. The second-order valence-electron chi connectivity index (χ2n) is 7.56. The van der Waals surface area contributed by atoms with Crippen LogP contribution in [0.15, 0.2) is 46.1 Å². The van der Waals surface area contributed by atoms with Gasteiger partial charge in [-0.3, -0.25) is 14.3 Å². The molecule has 2 heterocycles. The Hall–Kier alpha value is -2.44. The fourth-order valence-corrected chi connectivity index (χ4v) is 3.08. The van der Waals surface area contributed by atoms with E-state index < -0.39 is 31.8 Å². The van der Waals surface area contributed by atoms with Gasteiger partial charge in [0.2, 0.25) is 0 Å². The highest BCUT2D eigenvalue weighted by molar-refractivity contribution is 6.83. The Morgan fingerprint density at radius 1 is 1.25 bits per heavy atom. The maximum atomic E-state index is 12.2. The van der Waals surface area contributed by atoms with E-state index in [9.17, 15) is 9.59 Å². The third-order valence-corrected chi connectivity index (χ3v) is 4.82. The lowest BCUT2D eigenvalue weighted by atomic mass is 10.2. The summed E-state index contributed by atoms with van der Waals surface area (Å²) in [6.45, 7) is 7.12. The summed E-state index contributed by atoms with van der Waals surface area (Å²) in [7, 11) is -1.65. The van der Waals surface area contributed by atoms with Gasteiger partial charge >= 0.3 is 5.69 Å². The number of rotatable bonds is 5. The van der Waals surface area contributed by atoms with Gasteiger partial charge in [-0.2, -0.15) is 0 Å². The molecule has 8 heteroatoms. The number of hydrogen-bond donors (Lipinski definition) is 1. The Morgan fingerprint density at radius 3 is 2.71 bits per heavy atom. The molecule has 0 bridgehead atoms. The normalized spacial score (nSPS) is 19.2. The SMILES string of the molecule is C[Si](C)(C)C#Cc1cn([C@@H]2CO[C@H](COCc3ccccc3)O2)c(=O)[nH]c1=O. The summed E-state index contributed by atoms with van der Waals surface area (Å²) < 4.78 is 18.3. The zero-order valence-corrected chi connectivity index (χ0v) is 17.2. The van der Waals surface area contributed by atoms with Gasteiger partial charge in [0.25, 0.3) is 5.56 Å². The highest BCUT2D eigenvalue weighted by atomic mass is 28.3. The summed E-state index contributed by atoms with van der Waals surface area (Å²) in [5.74, 6) is 2.89. The van der Waals surface area contributed by atoms with Crippen LogP contribution in [0.3, 0.4) is 0 Å². The van der Waals surface area contributed by atoms with E-state index in [4.69, 9.17) is 14.2 Å². The number of hydrogen-bond acceptors (Lipinski definition) is 5. The molecule has 0 amide bonds. The van der Waals surface area contributed by atoms with Gasteiger partial charge in [0.05, 0.1) is 19.8 Å². The predicted octanol–water partition coefficient (Wildman–Crippen LogP) is 1.85. The standard InChI is InChI=1S/C20H24N2O5Si/c1-28(2,3)10-9-16-11-22(20(24)21-19(16)23)17-13-26-18(27-17)14-25-12-15-7-5-4-6-8-15/h4-8,11,17-18H,12-14H2,1-3H3,(H,21,23,24)/t17-,18-/m0/s1. The fraction of sp³-hybridized carbons (Fsp3) is 0.400. The van der Waals surface area contributed by atoms with Crippen LogP contribution in [0.2, 0.25) is 19.6 Å². The van der Waals surface area contributed by atoms with Crippen LogP contribution in [-0.4, -0.2) is 37.1 Å². The molecule has 1 aliphatic heterocycles. The monoisotopic (exact) mass is 400 g/mol. The van der Waals surface area contributed by atoms with E-state index in [0.29, 0.717) is 6.61 Å². The molecule has 1 aromatic carbocycles. The molecule has 0 spiro atoms. The van der Waals surface area contributed by atoms with Gasteiger partial charge in [-0.1, -0.05) is 55.9 Å². The minimum Gasteiger partial charge on any atom is -0.371 e. The number of ether oxygens (including phenoxy) is 3. The lowest BCUT2D eigenvalue weighted by Gasteiger charge is -2.14. The van der Waals surface area contributed by atoms with Crippen molar-refractivity contribution >= 4 is 8.07 Å². The molecule has 2 aromatic rings. The first kappa shape index (κ1) is 20.3. The smallest absolute Gasteiger partial charge is 0.330 e. The van der Waals surface area contributed by atoms with Crippen LogP contribution in [0.5, 0.6) is 0 Å². The van der Waals surface area contributed by atoms with E-state index in [0.717, 1.165) is 5.56 Å². The molecule has 0 aliphatic carbocycles. The maximum Gasteiger partial charge on any atom is 0.330 e. The number of H-pyrrole nitrogens is 1. The molecule has 0 unspecified atom stereocenters. The van der Waals surface area contributed by atoms with Crippen LogP contribution in [0.25, 0.3) is 0 Å². The number of aromatic nitrogens is 2. The van der Waals surface area contributed by atoms with Gasteiger partial charge < -0.3 is 14.2 Å². The molecule has 1 aliphatic rings. The second-order valence-corrected chi connectivity index (χ2v) is 12.3. The van der Waals surface area contributed by atoms with Crippen molar-refractivity contribution in [3.05, 3.63) is 68.5 Å². The third-order valence-electron chi connectivity index (χ3n) is 3.95. The lowest BCUT2D eigenvalue weighted by Crippen LogP contribution is -2.34. The van der Waals surface area contributed by atoms with Crippen molar-refractivity contribution in [2.24, 2.45) is 0 Å². The van der Waals surface area contributed by atoms with Crippen LogP contribution < -0.4 is 11.2 Å². The molecular formula is C20H24N2O5Si. The van der Waals surface area contributed by atoms with Crippen molar-refractivity contribution in [1.29, 1.82) is 0 Å². The highest BCUT2D eigenvalue weighted by Gasteiger charge is 2.28. The zero-order valence-electron chi connectivity index (χ0n) is 16.2. The highest BCUT2D eigenvalue weighted by Crippen LogP contribution is 2.20. The topological polar surface area (TPSA) is 82.6 Å². The quantitative estimate of drug-likeness (QED) is 0.612. The molecule has 0 saturated carbocycles. The average Bonchev–Trinajstić information content (AvgIpc) is 3.10. The number of nitrogens with one attached hydrogen (secondary N) is 1. The molecule has 1 aromatic heterocycles. The summed E-state index contributed by atoms with van der Waals surface area (Å²) in [6, 6.07) is 9.79. The van der Waals surface area contributed by atoms with E-state index in [1.165, 1.54) is 10.8 Å². The molecule has 148 valence electrons. The summed E-state index contributed by atoms with van der Waals surface area (Å²) in [5, 5.41) is 0. The molecule has 1 N–H and O–H groups in total. The van der Waals surface area contributed by atoms with Gasteiger partial charge in [0, 0.05) is 6.20 Å². The van der Waals surface area contributed by atoms with Gasteiger partial charge in [-0.05, 0) is 5.56 Å². The first-order chi connectivity index (χ1) is 13.3. The van der Waals surface area contributed by atoms with Gasteiger partial charge in [0.1, 0.15) is 13.6 Å². The summed E-state index contributed by atoms with van der Waals surface area (Å²) in [5.41, 5.74) is 3.39. The molecule has 3 rings (SSSR count). The zero-order chi connectivity index (χ0) is 20.1. The summed E-state index contributed by atoms with van der Waals surface area (Å²) >= 11 is 0. The average molecular weight is 401 g/mol. The van der Waals surface area contributed by atoms with Crippen LogP contribution in [0, 0.1) is 11.5 Å². The van der Waals surface area contributed by atoms with Crippen molar-refractivity contribution in [3.8, 4) is 11.5 Å². The van der Waals surface area contributed by atoms with Crippen molar-refractivity contribution in [2.45, 2.75) is 38.8 Å². The molecule has 1 saturated heterocycles. The van der Waals surface area contributed by atoms with E-state index in [1.54, 1.807) is 0 Å². The predicted molar refractivity (Wildman–Crippen MR) is 108 cm³/mol. The van der Waals surface area contributed by atoms with E-state index in [-0.39, 0.29) is 18.8 Å². The molecule has 1 fully saturated rings. The Balaban J connectivity index is 1.65. The van der Waals surface area contributed by atoms with Crippen LogP contribution in [0.1, 0.15) is 17.4 Å². The van der Waals surface area contributed by atoms with Gasteiger partial charge in [0.15, 0.2) is 12.5 Å². The fourth-order valence-electron chi connectivity index (χ4n) is 2.57. The summed E-state index contributed by atoms with van der Waals surface area (Å²) in [4.78, 5) is 26.5. The third kappa shape index (κ3) is 5.53.